The number of carbonyl (C=O) groups excluding carboxylic acids is 1. The van der Waals surface area contributed by atoms with Gasteiger partial charge in [-0.25, -0.2) is 9.18 Å². The van der Waals surface area contributed by atoms with E-state index < -0.39 is 23.8 Å². The fourth-order valence-corrected chi connectivity index (χ4v) is 2.06. The Kier molecular flexibility index (Phi) is 3.98. The summed E-state index contributed by atoms with van der Waals surface area (Å²) in [6.45, 7) is 0. The van der Waals surface area contributed by atoms with Crippen LogP contribution in [0.3, 0.4) is 0 Å². The number of hydrogen-bond acceptors (Lipinski definition) is 4. The molecular weight excluding hydrogens is 370 g/mol. The lowest BCUT2D eigenvalue weighted by atomic mass is 10.1. The molecule has 0 saturated carbocycles. The molecule has 100 valence electrons. The van der Waals surface area contributed by atoms with E-state index in [-0.39, 0.29) is 12.1 Å². The lowest BCUT2D eigenvalue weighted by Crippen LogP contribution is -2.29. The van der Waals surface area contributed by atoms with E-state index in [1.54, 1.807) is 0 Å². The zero-order chi connectivity index (χ0) is 14.0. The van der Waals surface area contributed by atoms with Crippen LogP contribution in [-0.2, 0) is 14.4 Å². The maximum Gasteiger partial charge on any atom is 0.353 e. The van der Waals surface area contributed by atoms with Crippen LogP contribution in [-0.4, -0.2) is 28.8 Å². The fraction of sp³-hybridized carbons (Fsp3) is 0.182. The summed E-state index contributed by atoms with van der Waals surface area (Å²) in [4.78, 5) is 27.2. The number of carbonyl (C=O) groups is 2. The highest BCUT2D eigenvalue weighted by Crippen LogP contribution is 2.20. The summed E-state index contributed by atoms with van der Waals surface area (Å²) in [5.74, 6) is -2.15. The first-order valence-corrected chi connectivity index (χ1v) is 6.27. The maximum absolute atomic E-state index is 12.9. The Balaban J connectivity index is 2.01. The van der Waals surface area contributed by atoms with Crippen LogP contribution in [0, 0.1) is 9.39 Å². The Bertz CT molecular complexity index is 576. The largest absolute Gasteiger partial charge is 0.477 e. The molecule has 1 aromatic rings. The van der Waals surface area contributed by atoms with Crippen LogP contribution in [0.5, 0.6) is 0 Å². The van der Waals surface area contributed by atoms with E-state index in [4.69, 9.17) is 9.94 Å². The van der Waals surface area contributed by atoms with Gasteiger partial charge in [0.15, 0.2) is 5.71 Å². The first-order valence-electron chi connectivity index (χ1n) is 5.19. The van der Waals surface area contributed by atoms with Crippen LogP contribution in [0.15, 0.2) is 23.4 Å². The number of rotatable bonds is 3. The van der Waals surface area contributed by atoms with Crippen molar-refractivity contribution in [3.63, 3.8) is 0 Å². The van der Waals surface area contributed by atoms with Gasteiger partial charge in [0.05, 0.1) is 5.69 Å². The molecule has 1 unspecified atom stereocenters. The van der Waals surface area contributed by atoms with Crippen molar-refractivity contribution in [2.24, 2.45) is 5.16 Å². The number of hydrogen-bond donors (Lipinski definition) is 2. The molecule has 8 heteroatoms. The summed E-state index contributed by atoms with van der Waals surface area (Å²) in [5, 5.41) is 14.5. The molecule has 0 fully saturated rings. The summed E-state index contributed by atoms with van der Waals surface area (Å²) in [6.07, 6.45) is -1.08. The lowest BCUT2D eigenvalue weighted by Gasteiger charge is -2.10. The number of amides is 1. The minimum atomic E-state index is -1.22. The smallest absolute Gasteiger partial charge is 0.353 e. The number of oxime groups is 1. The van der Waals surface area contributed by atoms with Gasteiger partial charge in [0, 0.05) is 9.99 Å². The van der Waals surface area contributed by atoms with Crippen molar-refractivity contribution >= 4 is 45.9 Å². The Morgan fingerprint density at radius 3 is 2.84 bits per heavy atom. The summed E-state index contributed by atoms with van der Waals surface area (Å²) < 4.78 is 13.4. The summed E-state index contributed by atoms with van der Waals surface area (Å²) >= 11 is 1.88. The van der Waals surface area contributed by atoms with Gasteiger partial charge < -0.3 is 15.3 Å². The van der Waals surface area contributed by atoms with E-state index >= 15 is 0 Å². The van der Waals surface area contributed by atoms with E-state index in [2.05, 4.69) is 10.5 Å². The van der Waals surface area contributed by atoms with Gasteiger partial charge in [0.2, 0.25) is 6.10 Å². The van der Waals surface area contributed by atoms with Gasteiger partial charge in [0.1, 0.15) is 5.82 Å². The van der Waals surface area contributed by atoms with Crippen LogP contribution in [0.1, 0.15) is 6.42 Å². The summed E-state index contributed by atoms with van der Waals surface area (Å²) in [6, 6.07) is 3.90. The quantitative estimate of drug-likeness (QED) is 0.783. The van der Waals surface area contributed by atoms with Gasteiger partial charge in [-0.2, -0.15) is 0 Å². The Hall–Kier alpha value is -1.71. The highest BCUT2D eigenvalue weighted by atomic mass is 127. The molecule has 1 aliphatic rings. The molecule has 0 spiro atoms. The topological polar surface area (TPSA) is 88.0 Å². The van der Waals surface area contributed by atoms with Gasteiger partial charge in [-0.1, -0.05) is 5.16 Å². The third-order valence-electron chi connectivity index (χ3n) is 2.40. The molecule has 2 N–H and O–H groups in total. The fourth-order valence-electron chi connectivity index (χ4n) is 1.45. The van der Waals surface area contributed by atoms with Crippen molar-refractivity contribution in [3.8, 4) is 0 Å². The second-order valence-electron chi connectivity index (χ2n) is 3.75. The van der Waals surface area contributed by atoms with Gasteiger partial charge in [-0.3, -0.25) is 4.79 Å². The van der Waals surface area contributed by atoms with Gasteiger partial charge in [-0.05, 0) is 40.8 Å². The van der Waals surface area contributed by atoms with E-state index in [1.807, 2.05) is 22.6 Å². The van der Waals surface area contributed by atoms with Crippen LogP contribution in [0.4, 0.5) is 10.1 Å². The van der Waals surface area contributed by atoms with E-state index in [0.717, 1.165) is 0 Å². The van der Waals surface area contributed by atoms with Gasteiger partial charge >= 0.3 is 5.97 Å². The van der Waals surface area contributed by atoms with Crippen molar-refractivity contribution in [3.05, 3.63) is 27.6 Å². The van der Waals surface area contributed by atoms with E-state index in [9.17, 15) is 14.0 Å². The average molecular weight is 378 g/mol. The number of carboxylic acid groups (broad SMARTS) is 1. The zero-order valence-electron chi connectivity index (χ0n) is 9.39. The average Bonchev–Trinajstić information content (AvgIpc) is 2.82. The molecule has 1 aromatic carbocycles. The van der Waals surface area contributed by atoms with E-state index in [1.165, 1.54) is 18.2 Å². The second kappa shape index (κ2) is 5.51. The minimum Gasteiger partial charge on any atom is -0.477 e. The number of nitrogens with one attached hydrogen (secondary N) is 1. The summed E-state index contributed by atoms with van der Waals surface area (Å²) in [5.41, 5.74) is 0.230. The Morgan fingerprint density at radius 1 is 1.53 bits per heavy atom. The monoisotopic (exact) mass is 378 g/mol. The van der Waals surface area contributed by atoms with Gasteiger partial charge in [-0.15, -0.1) is 0 Å². The molecule has 0 radical (unpaired) electrons. The zero-order valence-corrected chi connectivity index (χ0v) is 11.5. The molecule has 0 bridgehead atoms. The van der Waals surface area contributed by atoms with Crippen molar-refractivity contribution in [1.29, 1.82) is 0 Å². The number of halogens is 2. The number of aliphatic carboxylic acids is 1. The first kappa shape index (κ1) is 13.7. The number of carboxylic acids is 1. The standard InChI is InChI=1S/C11H8FIN2O4/c12-5-1-2-7(6(13)3-5)14-10(16)9-4-8(11(17)18)15-19-9/h1-3,9H,4H2,(H,14,16)(H,17,18). The van der Waals surface area contributed by atoms with Crippen molar-refractivity contribution < 1.29 is 23.9 Å². The van der Waals surface area contributed by atoms with Gasteiger partial charge in [0.25, 0.3) is 5.91 Å². The highest BCUT2D eigenvalue weighted by molar-refractivity contribution is 14.1. The van der Waals surface area contributed by atoms with Crippen LogP contribution < -0.4 is 5.32 Å². The Labute approximate surface area is 120 Å². The second-order valence-corrected chi connectivity index (χ2v) is 4.92. The highest BCUT2D eigenvalue weighted by Gasteiger charge is 2.31. The van der Waals surface area contributed by atoms with Crippen molar-refractivity contribution in [2.45, 2.75) is 12.5 Å². The molecular formula is C11H8FIN2O4. The molecule has 0 saturated heterocycles. The lowest BCUT2D eigenvalue weighted by molar-refractivity contribution is -0.129. The third kappa shape index (κ3) is 3.19. The van der Waals surface area contributed by atoms with Crippen LogP contribution in [0.2, 0.25) is 0 Å². The summed E-state index contributed by atoms with van der Waals surface area (Å²) in [7, 11) is 0. The number of nitrogens with zero attached hydrogens (tertiary/aromatic N) is 1. The molecule has 1 aliphatic heterocycles. The third-order valence-corrected chi connectivity index (χ3v) is 3.29. The molecule has 1 heterocycles. The molecule has 6 nitrogen and oxygen atoms in total. The molecule has 0 aliphatic carbocycles. The van der Waals surface area contributed by atoms with Crippen molar-refractivity contribution in [2.75, 3.05) is 5.32 Å². The first-order chi connectivity index (χ1) is 8.97. The minimum absolute atomic E-state index is 0.0983. The number of benzene rings is 1. The van der Waals surface area contributed by atoms with Crippen LogP contribution in [0.25, 0.3) is 0 Å². The molecule has 0 aromatic heterocycles. The van der Waals surface area contributed by atoms with Crippen molar-refractivity contribution in [1.82, 2.24) is 0 Å². The molecule has 1 atom stereocenters. The Morgan fingerprint density at radius 2 is 2.26 bits per heavy atom. The van der Waals surface area contributed by atoms with Crippen LogP contribution >= 0.6 is 22.6 Å². The normalized spacial score (nSPS) is 17.6. The maximum atomic E-state index is 12.9. The molecule has 2 rings (SSSR count). The molecule has 1 amide bonds. The predicted octanol–water partition coefficient (Wildman–Crippen LogP) is 1.60. The van der Waals surface area contributed by atoms with E-state index in [0.29, 0.717) is 9.26 Å². The number of anilines is 1. The molecule has 19 heavy (non-hydrogen) atoms. The SMILES string of the molecule is O=C(O)C1=NOC(C(=O)Nc2ccc(F)cc2I)C1. The predicted molar refractivity (Wildman–Crippen MR) is 72.3 cm³/mol.